The van der Waals surface area contributed by atoms with E-state index in [0.29, 0.717) is 24.3 Å². The highest BCUT2D eigenvalue weighted by atomic mass is 16.5. The Morgan fingerprint density at radius 3 is 2.50 bits per heavy atom. The molecule has 0 bridgehead atoms. The summed E-state index contributed by atoms with van der Waals surface area (Å²) in [4.78, 5) is 12.2. The van der Waals surface area contributed by atoms with Gasteiger partial charge in [0.1, 0.15) is 0 Å². The molecule has 0 saturated carbocycles. The molecule has 4 heteroatoms. The summed E-state index contributed by atoms with van der Waals surface area (Å²) in [6, 6.07) is 1.88. The molecule has 0 aromatic heterocycles. The number of aromatic hydroxyl groups is 1. The molecule has 106 valence electrons. The van der Waals surface area contributed by atoms with Crippen LogP contribution in [0.15, 0.2) is 11.6 Å². The number of phenols is 1. The Hall–Kier alpha value is -1.97. The average molecular weight is 274 g/mol. The van der Waals surface area contributed by atoms with Gasteiger partial charge in [-0.15, -0.1) is 0 Å². The quantitative estimate of drug-likeness (QED) is 0.901. The van der Waals surface area contributed by atoms with Crippen LogP contribution in [0.25, 0.3) is 5.57 Å². The van der Waals surface area contributed by atoms with Crippen molar-refractivity contribution >= 4 is 11.4 Å². The van der Waals surface area contributed by atoms with E-state index in [1.807, 2.05) is 6.07 Å². The van der Waals surface area contributed by atoms with Crippen LogP contribution in [-0.2, 0) is 11.2 Å². The van der Waals surface area contributed by atoms with Crippen molar-refractivity contribution in [3.63, 3.8) is 0 Å². The van der Waals surface area contributed by atoms with Crippen molar-refractivity contribution in [3.05, 3.63) is 22.8 Å². The van der Waals surface area contributed by atoms with Gasteiger partial charge in [0.05, 0.1) is 14.2 Å². The molecule has 20 heavy (non-hydrogen) atoms. The van der Waals surface area contributed by atoms with Gasteiger partial charge in [-0.05, 0) is 48.5 Å². The fourth-order valence-electron chi connectivity index (χ4n) is 3.29. The monoisotopic (exact) mass is 274 g/mol. The molecule has 0 amide bonds. The summed E-state index contributed by atoms with van der Waals surface area (Å²) in [5, 5.41) is 10.6. The minimum absolute atomic E-state index is 0.103. The van der Waals surface area contributed by atoms with Crippen LogP contribution < -0.4 is 9.47 Å². The number of benzene rings is 1. The van der Waals surface area contributed by atoms with E-state index >= 15 is 0 Å². The summed E-state index contributed by atoms with van der Waals surface area (Å²) in [5.41, 5.74) is 3.66. The smallest absolute Gasteiger partial charge is 0.203 e. The Morgan fingerprint density at radius 2 is 1.80 bits per heavy atom. The molecule has 0 unspecified atom stereocenters. The fraction of sp³-hybridized carbons (Fsp3) is 0.438. The zero-order valence-electron chi connectivity index (χ0n) is 11.8. The first-order valence-corrected chi connectivity index (χ1v) is 6.89. The first kappa shape index (κ1) is 13.0. The molecule has 0 atom stereocenters. The molecular formula is C16H18O4. The maximum absolute atomic E-state index is 12.2. The number of fused-ring (bicyclic) bond motifs is 2. The number of aryl methyl sites for hydroxylation is 1. The lowest BCUT2D eigenvalue weighted by atomic mass is 9.95. The Morgan fingerprint density at radius 1 is 1.05 bits per heavy atom. The van der Waals surface area contributed by atoms with Crippen molar-refractivity contribution in [2.45, 2.75) is 32.1 Å². The maximum Gasteiger partial charge on any atom is 0.203 e. The number of methoxy groups -OCH3 is 2. The molecule has 1 N–H and O–H groups in total. The third kappa shape index (κ3) is 1.79. The predicted molar refractivity (Wildman–Crippen MR) is 75.3 cm³/mol. The van der Waals surface area contributed by atoms with Crippen LogP contribution in [-0.4, -0.2) is 25.1 Å². The molecule has 0 spiro atoms. The Labute approximate surface area is 118 Å². The number of hydrogen-bond acceptors (Lipinski definition) is 4. The number of carbonyl (C=O) groups excluding carboxylic acids is 1. The molecule has 2 aliphatic carbocycles. The first-order valence-electron chi connectivity index (χ1n) is 6.89. The van der Waals surface area contributed by atoms with Gasteiger partial charge in [-0.1, -0.05) is 0 Å². The molecule has 0 fully saturated rings. The third-order valence-electron chi connectivity index (χ3n) is 4.20. The van der Waals surface area contributed by atoms with E-state index < -0.39 is 0 Å². The van der Waals surface area contributed by atoms with Crippen LogP contribution in [0.5, 0.6) is 17.2 Å². The number of carbonyl (C=O) groups is 1. The Kier molecular flexibility index (Phi) is 3.16. The lowest BCUT2D eigenvalue weighted by Gasteiger charge is -2.17. The van der Waals surface area contributed by atoms with E-state index in [1.165, 1.54) is 7.11 Å². The zero-order valence-corrected chi connectivity index (χ0v) is 11.8. The van der Waals surface area contributed by atoms with Gasteiger partial charge < -0.3 is 14.6 Å². The van der Waals surface area contributed by atoms with E-state index in [1.54, 1.807) is 7.11 Å². The van der Waals surface area contributed by atoms with Crippen LogP contribution in [0.2, 0.25) is 0 Å². The molecule has 0 heterocycles. The number of ketones is 1. The van der Waals surface area contributed by atoms with Crippen LogP contribution in [0, 0.1) is 0 Å². The summed E-state index contributed by atoms with van der Waals surface area (Å²) >= 11 is 0. The summed E-state index contributed by atoms with van der Waals surface area (Å²) < 4.78 is 10.5. The van der Waals surface area contributed by atoms with E-state index in [-0.39, 0.29) is 11.5 Å². The second kappa shape index (κ2) is 4.85. The molecule has 0 saturated heterocycles. The summed E-state index contributed by atoms with van der Waals surface area (Å²) in [6.07, 6.45) is 3.78. The first-order chi connectivity index (χ1) is 9.67. The standard InChI is InChI=1S/C16H18O4/c1-19-13-8-9-6-7-12(17)10-4-3-5-11(10)14(9)15(18)16(13)20-2/h8,18H,3-7H2,1-2H3. The summed E-state index contributed by atoms with van der Waals surface area (Å²) in [5.74, 6) is 1.18. The Bertz CT molecular complexity index is 613. The molecule has 0 radical (unpaired) electrons. The third-order valence-corrected chi connectivity index (χ3v) is 4.20. The highest BCUT2D eigenvalue weighted by Crippen LogP contribution is 2.49. The van der Waals surface area contributed by atoms with Gasteiger partial charge in [0.15, 0.2) is 17.3 Å². The lowest BCUT2D eigenvalue weighted by Crippen LogP contribution is -2.00. The van der Waals surface area contributed by atoms with Crippen molar-refractivity contribution in [3.8, 4) is 17.2 Å². The highest BCUT2D eigenvalue weighted by Gasteiger charge is 2.30. The van der Waals surface area contributed by atoms with Gasteiger partial charge in [0.2, 0.25) is 5.75 Å². The highest BCUT2D eigenvalue weighted by molar-refractivity contribution is 6.05. The molecule has 0 aliphatic heterocycles. The van der Waals surface area contributed by atoms with Crippen LogP contribution >= 0.6 is 0 Å². The van der Waals surface area contributed by atoms with Gasteiger partial charge in [-0.2, -0.15) is 0 Å². The van der Waals surface area contributed by atoms with Crippen molar-refractivity contribution in [2.75, 3.05) is 14.2 Å². The number of Topliss-reactive ketones (excluding diaryl/α,β-unsaturated/α-hetero) is 1. The van der Waals surface area contributed by atoms with Gasteiger partial charge in [0, 0.05) is 12.0 Å². The van der Waals surface area contributed by atoms with Gasteiger partial charge in [-0.25, -0.2) is 0 Å². The number of phenolic OH excluding ortho intramolecular Hbond substituents is 1. The van der Waals surface area contributed by atoms with E-state index in [9.17, 15) is 9.90 Å². The van der Waals surface area contributed by atoms with E-state index in [2.05, 4.69) is 0 Å². The van der Waals surface area contributed by atoms with Crippen molar-refractivity contribution < 1.29 is 19.4 Å². The minimum atomic E-state index is 0.103. The van der Waals surface area contributed by atoms with Gasteiger partial charge in [-0.3, -0.25) is 4.79 Å². The van der Waals surface area contributed by atoms with Gasteiger partial charge >= 0.3 is 0 Å². The molecule has 3 rings (SSSR count). The second-order valence-electron chi connectivity index (χ2n) is 5.23. The van der Waals surface area contributed by atoms with Crippen molar-refractivity contribution in [2.24, 2.45) is 0 Å². The van der Waals surface area contributed by atoms with Crippen LogP contribution in [0.4, 0.5) is 0 Å². The lowest BCUT2D eigenvalue weighted by molar-refractivity contribution is -0.115. The molecule has 1 aromatic rings. The average Bonchev–Trinajstić information content (AvgIpc) is 2.88. The predicted octanol–water partition coefficient (Wildman–Crippen LogP) is 2.86. The van der Waals surface area contributed by atoms with E-state index in [4.69, 9.17) is 9.47 Å². The van der Waals surface area contributed by atoms with Crippen molar-refractivity contribution in [1.29, 1.82) is 0 Å². The van der Waals surface area contributed by atoms with Crippen molar-refractivity contribution in [1.82, 2.24) is 0 Å². The fourth-order valence-corrected chi connectivity index (χ4v) is 3.29. The SMILES string of the molecule is COc1cc2c(c(O)c1OC)C1=C(CCC1)C(=O)CC2. The summed E-state index contributed by atoms with van der Waals surface area (Å²) in [7, 11) is 3.06. The minimum Gasteiger partial charge on any atom is -0.504 e. The topological polar surface area (TPSA) is 55.8 Å². The van der Waals surface area contributed by atoms with E-state index in [0.717, 1.165) is 41.5 Å². The number of ether oxygens (including phenoxy) is 2. The maximum atomic E-state index is 12.2. The normalized spacial score (nSPS) is 17.6. The molecule has 4 nitrogen and oxygen atoms in total. The van der Waals surface area contributed by atoms with Crippen LogP contribution in [0.3, 0.4) is 0 Å². The number of rotatable bonds is 2. The molecular weight excluding hydrogens is 256 g/mol. The number of allylic oxidation sites excluding steroid dienone is 2. The Balaban J connectivity index is 2.28. The molecule has 2 aliphatic rings. The largest absolute Gasteiger partial charge is 0.504 e. The summed E-state index contributed by atoms with van der Waals surface area (Å²) in [6.45, 7) is 0. The van der Waals surface area contributed by atoms with Gasteiger partial charge in [0.25, 0.3) is 0 Å². The molecule has 1 aromatic carbocycles. The second-order valence-corrected chi connectivity index (χ2v) is 5.23. The number of hydrogen-bond donors (Lipinski definition) is 1. The van der Waals surface area contributed by atoms with Crippen LogP contribution in [0.1, 0.15) is 36.8 Å². The zero-order chi connectivity index (χ0) is 14.3.